The van der Waals surface area contributed by atoms with Gasteiger partial charge in [-0.1, -0.05) is 13.8 Å². The summed E-state index contributed by atoms with van der Waals surface area (Å²) in [4.78, 5) is 0. The predicted octanol–water partition coefficient (Wildman–Crippen LogP) is 1.69. The molecule has 1 atom stereocenters. The first-order valence-corrected chi connectivity index (χ1v) is 8.02. The number of alkyl halides is 1. The molecule has 0 radical (unpaired) electrons. The van der Waals surface area contributed by atoms with Gasteiger partial charge in [0.2, 0.25) is 10.0 Å². The van der Waals surface area contributed by atoms with E-state index in [-0.39, 0.29) is 17.8 Å². The third-order valence-corrected chi connectivity index (χ3v) is 5.06. The molecule has 1 unspecified atom stereocenters. The zero-order valence-corrected chi connectivity index (χ0v) is 12.5. The SMILES string of the molecule is CC(C)CS(=O)(=O)N1CC(CCl)OC(C)(C)C1. The van der Waals surface area contributed by atoms with Crippen molar-refractivity contribution in [2.75, 3.05) is 24.7 Å². The Morgan fingerprint density at radius 3 is 2.53 bits per heavy atom. The van der Waals surface area contributed by atoms with Crippen LogP contribution >= 0.6 is 11.6 Å². The molecule has 0 aromatic heterocycles. The van der Waals surface area contributed by atoms with Gasteiger partial charge in [-0.3, -0.25) is 0 Å². The van der Waals surface area contributed by atoms with E-state index in [2.05, 4.69) is 0 Å². The Labute approximate surface area is 109 Å². The third-order valence-electron chi connectivity index (χ3n) is 2.56. The molecule has 0 N–H and O–H groups in total. The Morgan fingerprint density at radius 1 is 1.47 bits per heavy atom. The molecule has 0 amide bonds. The van der Waals surface area contributed by atoms with Crippen molar-refractivity contribution < 1.29 is 13.2 Å². The Bertz CT molecular complexity index is 354. The lowest BCUT2D eigenvalue weighted by molar-refractivity contribution is -0.107. The van der Waals surface area contributed by atoms with E-state index in [1.807, 2.05) is 27.7 Å². The molecule has 6 heteroatoms. The topological polar surface area (TPSA) is 46.6 Å². The van der Waals surface area contributed by atoms with E-state index in [0.717, 1.165) is 0 Å². The fraction of sp³-hybridized carbons (Fsp3) is 1.00. The Hall–Kier alpha value is 0.160. The highest BCUT2D eigenvalue weighted by Crippen LogP contribution is 2.24. The molecule has 1 rings (SSSR count). The number of morpholine rings is 1. The van der Waals surface area contributed by atoms with Crippen molar-refractivity contribution in [3.05, 3.63) is 0 Å². The molecule has 0 aromatic rings. The Morgan fingerprint density at radius 2 is 2.06 bits per heavy atom. The summed E-state index contributed by atoms with van der Waals surface area (Å²) >= 11 is 5.78. The minimum Gasteiger partial charge on any atom is -0.368 e. The Balaban J connectivity index is 2.83. The van der Waals surface area contributed by atoms with Crippen LogP contribution in [-0.2, 0) is 14.8 Å². The second kappa shape index (κ2) is 5.43. The van der Waals surface area contributed by atoms with Gasteiger partial charge in [0.25, 0.3) is 0 Å². The van der Waals surface area contributed by atoms with E-state index in [9.17, 15) is 8.42 Å². The molecule has 102 valence electrons. The molecule has 0 spiro atoms. The highest BCUT2D eigenvalue weighted by molar-refractivity contribution is 7.89. The maximum absolute atomic E-state index is 12.2. The van der Waals surface area contributed by atoms with Crippen molar-refractivity contribution in [3.8, 4) is 0 Å². The van der Waals surface area contributed by atoms with Gasteiger partial charge in [0.15, 0.2) is 0 Å². The summed E-state index contributed by atoms with van der Waals surface area (Å²) < 4.78 is 31.6. The molecular weight excluding hydrogens is 262 g/mol. The summed E-state index contributed by atoms with van der Waals surface area (Å²) in [5.41, 5.74) is -0.470. The lowest BCUT2D eigenvalue weighted by atomic mass is 10.1. The van der Waals surface area contributed by atoms with Gasteiger partial charge >= 0.3 is 0 Å². The molecule has 1 saturated heterocycles. The first-order chi connectivity index (χ1) is 7.66. The first kappa shape index (κ1) is 15.2. The van der Waals surface area contributed by atoms with E-state index in [1.54, 1.807) is 0 Å². The highest BCUT2D eigenvalue weighted by atomic mass is 35.5. The van der Waals surface area contributed by atoms with Crippen LogP contribution in [0.4, 0.5) is 0 Å². The molecule has 1 aliphatic rings. The zero-order chi connectivity index (χ0) is 13.3. The summed E-state index contributed by atoms with van der Waals surface area (Å²) in [6.07, 6.45) is -0.220. The third kappa shape index (κ3) is 4.39. The quantitative estimate of drug-likeness (QED) is 0.738. The van der Waals surface area contributed by atoms with Crippen molar-refractivity contribution in [1.29, 1.82) is 0 Å². The van der Waals surface area contributed by atoms with Crippen LogP contribution in [0, 0.1) is 5.92 Å². The lowest BCUT2D eigenvalue weighted by Crippen LogP contribution is -2.55. The largest absolute Gasteiger partial charge is 0.368 e. The van der Waals surface area contributed by atoms with Gasteiger partial charge in [-0.25, -0.2) is 8.42 Å². The summed E-state index contributed by atoms with van der Waals surface area (Å²) in [6.45, 7) is 8.36. The molecule has 1 aliphatic heterocycles. The molecule has 0 aliphatic carbocycles. The van der Waals surface area contributed by atoms with Gasteiger partial charge in [0.1, 0.15) is 0 Å². The van der Waals surface area contributed by atoms with E-state index < -0.39 is 15.6 Å². The molecular formula is C11H22ClNO3S. The number of rotatable bonds is 4. The zero-order valence-electron chi connectivity index (χ0n) is 10.9. The van der Waals surface area contributed by atoms with E-state index >= 15 is 0 Å². The molecule has 1 fully saturated rings. The van der Waals surface area contributed by atoms with Crippen LogP contribution in [0.15, 0.2) is 0 Å². The predicted molar refractivity (Wildman–Crippen MR) is 69.9 cm³/mol. The number of halogens is 1. The summed E-state index contributed by atoms with van der Waals surface area (Å²) in [5, 5.41) is 0. The van der Waals surface area contributed by atoms with Crippen LogP contribution < -0.4 is 0 Å². The van der Waals surface area contributed by atoms with Gasteiger partial charge in [-0.05, 0) is 19.8 Å². The maximum atomic E-state index is 12.2. The number of sulfonamides is 1. The lowest BCUT2D eigenvalue weighted by Gasteiger charge is -2.41. The van der Waals surface area contributed by atoms with Gasteiger partial charge in [0, 0.05) is 19.0 Å². The molecule has 0 bridgehead atoms. The van der Waals surface area contributed by atoms with Gasteiger partial charge in [-0.15, -0.1) is 11.6 Å². The fourth-order valence-corrected chi connectivity index (χ4v) is 4.18. The number of hydrogen-bond donors (Lipinski definition) is 0. The standard InChI is InChI=1S/C11H22ClNO3S/c1-9(2)7-17(14,15)13-6-10(5-12)16-11(3,4)8-13/h9-10H,5-8H2,1-4H3. The average Bonchev–Trinajstić information content (AvgIpc) is 2.13. The maximum Gasteiger partial charge on any atom is 0.214 e. The van der Waals surface area contributed by atoms with Crippen molar-refractivity contribution >= 4 is 21.6 Å². The molecule has 0 aromatic carbocycles. The second-order valence-corrected chi connectivity index (χ2v) is 7.94. The van der Waals surface area contributed by atoms with E-state index in [4.69, 9.17) is 16.3 Å². The van der Waals surface area contributed by atoms with Crippen molar-refractivity contribution in [2.24, 2.45) is 5.92 Å². The van der Waals surface area contributed by atoms with Crippen LogP contribution in [0.1, 0.15) is 27.7 Å². The second-order valence-electron chi connectivity index (χ2n) is 5.62. The van der Waals surface area contributed by atoms with Crippen molar-refractivity contribution in [1.82, 2.24) is 4.31 Å². The van der Waals surface area contributed by atoms with Gasteiger partial charge < -0.3 is 4.74 Å². The fourth-order valence-electron chi connectivity index (χ4n) is 2.06. The minimum absolute atomic E-state index is 0.125. The van der Waals surface area contributed by atoms with Gasteiger partial charge in [0.05, 0.1) is 17.5 Å². The first-order valence-electron chi connectivity index (χ1n) is 5.88. The monoisotopic (exact) mass is 283 g/mol. The van der Waals surface area contributed by atoms with Crippen LogP contribution in [0.3, 0.4) is 0 Å². The molecule has 4 nitrogen and oxygen atoms in total. The van der Waals surface area contributed by atoms with Crippen LogP contribution in [-0.4, -0.2) is 49.2 Å². The number of nitrogens with zero attached hydrogens (tertiary/aromatic N) is 1. The van der Waals surface area contributed by atoms with Crippen LogP contribution in [0.5, 0.6) is 0 Å². The summed E-state index contributed by atoms with van der Waals surface area (Å²) in [7, 11) is -3.20. The number of hydrogen-bond acceptors (Lipinski definition) is 3. The van der Waals surface area contributed by atoms with E-state index in [0.29, 0.717) is 19.0 Å². The molecule has 0 saturated carbocycles. The molecule has 1 heterocycles. The normalized spacial score (nSPS) is 26.4. The minimum atomic E-state index is -3.20. The van der Waals surface area contributed by atoms with Crippen molar-refractivity contribution in [2.45, 2.75) is 39.4 Å². The summed E-state index contributed by atoms with van der Waals surface area (Å²) in [6, 6.07) is 0. The van der Waals surface area contributed by atoms with Crippen molar-refractivity contribution in [3.63, 3.8) is 0 Å². The average molecular weight is 284 g/mol. The molecule has 17 heavy (non-hydrogen) atoms. The van der Waals surface area contributed by atoms with Gasteiger partial charge in [-0.2, -0.15) is 4.31 Å². The number of ether oxygens (including phenoxy) is 1. The highest BCUT2D eigenvalue weighted by Gasteiger charge is 2.38. The van der Waals surface area contributed by atoms with E-state index in [1.165, 1.54) is 4.31 Å². The van der Waals surface area contributed by atoms with Crippen LogP contribution in [0.25, 0.3) is 0 Å². The van der Waals surface area contributed by atoms with Crippen LogP contribution in [0.2, 0.25) is 0 Å². The summed E-state index contributed by atoms with van der Waals surface area (Å²) in [5.74, 6) is 0.621. The smallest absolute Gasteiger partial charge is 0.214 e. The Kier molecular flexibility index (Phi) is 4.86.